The second-order valence-corrected chi connectivity index (χ2v) is 9.22. The molecular formula is C30H35FN2O3. The highest BCUT2D eigenvalue weighted by atomic mass is 19.1. The summed E-state index contributed by atoms with van der Waals surface area (Å²) < 4.78 is 20.3. The standard InChI is InChI=1S/C30H35FN2O3/c1-23(2)21-32-30(35)28(20-24-12-5-3-6-13-24)33(22-25-14-9-10-17-27(25)31)29(34)18-11-19-36-26-15-7-4-8-16-26/h3-10,12-17,23,28H,11,18-22H2,1-2H3,(H,32,35). The van der Waals surface area contributed by atoms with Crippen LogP contribution in [0.3, 0.4) is 0 Å². The van der Waals surface area contributed by atoms with E-state index in [4.69, 9.17) is 4.74 Å². The normalized spacial score (nSPS) is 11.7. The number of hydrogen-bond donors (Lipinski definition) is 1. The minimum atomic E-state index is -0.770. The Labute approximate surface area is 213 Å². The Morgan fingerprint density at radius 3 is 2.22 bits per heavy atom. The first-order chi connectivity index (χ1) is 17.4. The van der Waals surface area contributed by atoms with Gasteiger partial charge in [0.2, 0.25) is 11.8 Å². The second-order valence-electron chi connectivity index (χ2n) is 9.22. The highest BCUT2D eigenvalue weighted by Crippen LogP contribution is 2.18. The molecule has 3 rings (SSSR count). The Kier molecular flexibility index (Phi) is 10.5. The third-order valence-corrected chi connectivity index (χ3v) is 5.80. The largest absolute Gasteiger partial charge is 0.494 e. The topological polar surface area (TPSA) is 58.6 Å². The van der Waals surface area contributed by atoms with Crippen molar-refractivity contribution in [3.05, 3.63) is 102 Å². The van der Waals surface area contributed by atoms with Crippen LogP contribution in [0, 0.1) is 11.7 Å². The van der Waals surface area contributed by atoms with E-state index in [1.165, 1.54) is 11.0 Å². The number of carbonyl (C=O) groups excluding carboxylic acids is 2. The second kappa shape index (κ2) is 14.0. The van der Waals surface area contributed by atoms with Crippen molar-refractivity contribution in [2.75, 3.05) is 13.2 Å². The van der Waals surface area contributed by atoms with Gasteiger partial charge >= 0.3 is 0 Å². The number of para-hydroxylation sites is 1. The predicted molar refractivity (Wildman–Crippen MR) is 140 cm³/mol. The zero-order chi connectivity index (χ0) is 25.8. The van der Waals surface area contributed by atoms with Crippen molar-refractivity contribution in [2.45, 2.75) is 45.7 Å². The Balaban J connectivity index is 1.80. The molecule has 0 bridgehead atoms. The van der Waals surface area contributed by atoms with Crippen LogP contribution in [0.15, 0.2) is 84.9 Å². The van der Waals surface area contributed by atoms with Crippen LogP contribution >= 0.6 is 0 Å². The lowest BCUT2D eigenvalue weighted by molar-refractivity contribution is -0.141. The van der Waals surface area contributed by atoms with Crippen LogP contribution in [0.25, 0.3) is 0 Å². The Bertz CT molecular complexity index is 1090. The monoisotopic (exact) mass is 490 g/mol. The molecule has 0 aliphatic heterocycles. The molecule has 0 fully saturated rings. The molecular weight excluding hydrogens is 455 g/mol. The van der Waals surface area contributed by atoms with Crippen molar-refractivity contribution in [1.82, 2.24) is 10.2 Å². The molecule has 0 spiro atoms. The molecule has 0 saturated heterocycles. The van der Waals surface area contributed by atoms with Crippen molar-refractivity contribution >= 4 is 11.8 Å². The van der Waals surface area contributed by atoms with Gasteiger partial charge in [0.25, 0.3) is 0 Å². The van der Waals surface area contributed by atoms with Crippen LogP contribution in [0.2, 0.25) is 0 Å². The van der Waals surface area contributed by atoms with E-state index in [9.17, 15) is 14.0 Å². The van der Waals surface area contributed by atoms with E-state index >= 15 is 0 Å². The fourth-order valence-electron chi connectivity index (χ4n) is 3.86. The van der Waals surface area contributed by atoms with Crippen molar-refractivity contribution in [1.29, 1.82) is 0 Å². The molecule has 0 aliphatic rings. The highest BCUT2D eigenvalue weighted by Gasteiger charge is 2.30. The van der Waals surface area contributed by atoms with E-state index in [1.54, 1.807) is 18.2 Å². The van der Waals surface area contributed by atoms with Crippen molar-refractivity contribution in [2.24, 2.45) is 5.92 Å². The first-order valence-corrected chi connectivity index (χ1v) is 12.5. The van der Waals surface area contributed by atoms with Gasteiger partial charge in [-0.15, -0.1) is 0 Å². The first-order valence-electron chi connectivity index (χ1n) is 12.5. The Morgan fingerprint density at radius 1 is 0.917 bits per heavy atom. The molecule has 6 heteroatoms. The van der Waals surface area contributed by atoms with Gasteiger partial charge in [0.1, 0.15) is 17.6 Å². The summed E-state index contributed by atoms with van der Waals surface area (Å²) in [4.78, 5) is 28.4. The van der Waals surface area contributed by atoms with E-state index in [0.717, 1.165) is 11.3 Å². The summed E-state index contributed by atoms with van der Waals surface area (Å²) >= 11 is 0. The third kappa shape index (κ3) is 8.52. The first kappa shape index (κ1) is 26.9. The number of hydrogen-bond acceptors (Lipinski definition) is 3. The van der Waals surface area contributed by atoms with Gasteiger partial charge in [-0.05, 0) is 36.1 Å². The molecule has 0 aliphatic carbocycles. The fourth-order valence-corrected chi connectivity index (χ4v) is 3.86. The third-order valence-electron chi connectivity index (χ3n) is 5.80. The van der Waals surface area contributed by atoms with Crippen molar-refractivity contribution in [3.8, 4) is 5.75 Å². The fraction of sp³-hybridized carbons (Fsp3) is 0.333. The van der Waals surface area contributed by atoms with Crippen LogP contribution in [-0.4, -0.2) is 35.9 Å². The number of rotatable bonds is 13. The highest BCUT2D eigenvalue weighted by molar-refractivity contribution is 5.88. The lowest BCUT2D eigenvalue weighted by Crippen LogP contribution is -2.51. The van der Waals surface area contributed by atoms with Gasteiger partial charge in [-0.3, -0.25) is 9.59 Å². The van der Waals surface area contributed by atoms with E-state index in [0.29, 0.717) is 31.6 Å². The number of ether oxygens (including phenoxy) is 1. The SMILES string of the molecule is CC(C)CNC(=O)C(Cc1ccccc1)N(Cc1ccccc1F)C(=O)CCCOc1ccccc1. The molecule has 0 heterocycles. The predicted octanol–water partition coefficient (Wildman–Crippen LogP) is 5.40. The lowest BCUT2D eigenvalue weighted by Gasteiger charge is -2.32. The van der Waals surface area contributed by atoms with Gasteiger partial charge in [-0.1, -0.05) is 80.6 Å². The number of nitrogens with zero attached hydrogens (tertiary/aromatic N) is 1. The van der Waals surface area contributed by atoms with Gasteiger partial charge in [-0.2, -0.15) is 0 Å². The minimum absolute atomic E-state index is 0.0116. The summed E-state index contributed by atoms with van der Waals surface area (Å²) in [6, 6.07) is 24.6. The lowest BCUT2D eigenvalue weighted by atomic mass is 10.0. The molecule has 36 heavy (non-hydrogen) atoms. The van der Waals surface area contributed by atoms with E-state index < -0.39 is 11.9 Å². The van der Waals surface area contributed by atoms with Gasteiger partial charge in [0.05, 0.1) is 6.61 Å². The smallest absolute Gasteiger partial charge is 0.243 e. The molecule has 2 amide bonds. The minimum Gasteiger partial charge on any atom is -0.494 e. The molecule has 0 aromatic heterocycles. The van der Waals surface area contributed by atoms with Gasteiger partial charge in [0.15, 0.2) is 0 Å². The number of carbonyl (C=O) groups is 2. The average Bonchev–Trinajstić information content (AvgIpc) is 2.89. The summed E-state index contributed by atoms with van der Waals surface area (Å²) in [5, 5.41) is 2.98. The number of nitrogens with one attached hydrogen (secondary N) is 1. The van der Waals surface area contributed by atoms with E-state index in [-0.39, 0.29) is 30.7 Å². The quantitative estimate of drug-likeness (QED) is 0.327. The van der Waals surface area contributed by atoms with E-state index in [1.807, 2.05) is 74.5 Å². The average molecular weight is 491 g/mol. The van der Waals surface area contributed by atoms with Gasteiger partial charge in [-0.25, -0.2) is 4.39 Å². The molecule has 1 unspecified atom stereocenters. The zero-order valence-corrected chi connectivity index (χ0v) is 21.0. The zero-order valence-electron chi connectivity index (χ0n) is 21.0. The van der Waals surface area contributed by atoms with Crippen molar-refractivity contribution in [3.63, 3.8) is 0 Å². The Morgan fingerprint density at radius 2 is 1.56 bits per heavy atom. The Hall–Kier alpha value is -3.67. The molecule has 1 N–H and O–H groups in total. The molecule has 5 nitrogen and oxygen atoms in total. The summed E-state index contributed by atoms with van der Waals surface area (Å²) in [5.41, 5.74) is 1.31. The van der Waals surface area contributed by atoms with E-state index in [2.05, 4.69) is 5.32 Å². The summed E-state index contributed by atoms with van der Waals surface area (Å²) in [5.74, 6) is 0.150. The molecule has 3 aromatic carbocycles. The van der Waals surface area contributed by atoms with Crippen LogP contribution < -0.4 is 10.1 Å². The number of halogens is 1. The maximum Gasteiger partial charge on any atom is 0.243 e. The number of amides is 2. The summed E-state index contributed by atoms with van der Waals surface area (Å²) in [7, 11) is 0. The molecule has 1 atom stereocenters. The molecule has 0 radical (unpaired) electrons. The summed E-state index contributed by atoms with van der Waals surface area (Å²) in [6.45, 7) is 4.91. The van der Waals surface area contributed by atoms with Crippen molar-refractivity contribution < 1.29 is 18.7 Å². The molecule has 0 saturated carbocycles. The number of benzene rings is 3. The summed E-state index contributed by atoms with van der Waals surface area (Å²) in [6.07, 6.45) is 1.00. The van der Waals surface area contributed by atoms with Gasteiger partial charge in [0, 0.05) is 31.5 Å². The maximum absolute atomic E-state index is 14.6. The molecule has 3 aromatic rings. The van der Waals surface area contributed by atoms with Gasteiger partial charge < -0.3 is 15.0 Å². The van der Waals surface area contributed by atoms with Crippen LogP contribution in [0.1, 0.15) is 37.8 Å². The maximum atomic E-state index is 14.6. The molecule has 190 valence electrons. The van der Waals surface area contributed by atoms with Crippen LogP contribution in [0.4, 0.5) is 4.39 Å². The van der Waals surface area contributed by atoms with Crippen LogP contribution in [-0.2, 0) is 22.6 Å². The van der Waals surface area contributed by atoms with Crippen LogP contribution in [0.5, 0.6) is 5.75 Å².